The van der Waals surface area contributed by atoms with E-state index in [4.69, 9.17) is 16.9 Å². The van der Waals surface area contributed by atoms with Gasteiger partial charge < -0.3 is 0 Å². The van der Waals surface area contributed by atoms with Crippen LogP contribution in [0.4, 0.5) is 0 Å². The van der Waals surface area contributed by atoms with Crippen molar-refractivity contribution in [2.45, 2.75) is 23.8 Å². The molecule has 1 fully saturated rings. The molecule has 1 aliphatic rings. The number of halogens is 1. The van der Waals surface area contributed by atoms with Gasteiger partial charge in [0.25, 0.3) is 0 Å². The van der Waals surface area contributed by atoms with Crippen molar-refractivity contribution >= 4 is 21.6 Å². The van der Waals surface area contributed by atoms with Crippen LogP contribution in [-0.4, -0.2) is 14.5 Å². The number of rotatable bonds is 3. The molecule has 0 aliphatic heterocycles. The Bertz CT molecular complexity index is 559. The molecule has 1 aromatic carbocycles. The average molecular weight is 257 g/mol. The maximum Gasteiger partial charge on any atom is 0.242 e. The fourth-order valence-corrected chi connectivity index (χ4v) is 3.09. The third kappa shape index (κ3) is 2.35. The number of nitriles is 1. The number of benzene rings is 1. The van der Waals surface area contributed by atoms with Crippen LogP contribution >= 0.6 is 11.6 Å². The highest BCUT2D eigenvalue weighted by Gasteiger charge is 2.29. The lowest BCUT2D eigenvalue weighted by Gasteiger charge is -2.07. The first kappa shape index (κ1) is 11.4. The van der Waals surface area contributed by atoms with Gasteiger partial charge in [0, 0.05) is 6.04 Å². The summed E-state index contributed by atoms with van der Waals surface area (Å²) in [6, 6.07) is 6.09. The van der Waals surface area contributed by atoms with Gasteiger partial charge in [-0.2, -0.15) is 5.26 Å². The largest absolute Gasteiger partial charge is 0.242 e. The van der Waals surface area contributed by atoms with Crippen molar-refractivity contribution in [2.75, 3.05) is 0 Å². The fourth-order valence-electron chi connectivity index (χ4n) is 1.26. The van der Waals surface area contributed by atoms with Gasteiger partial charge in [0.05, 0.1) is 16.7 Å². The van der Waals surface area contributed by atoms with Crippen molar-refractivity contribution in [1.29, 1.82) is 5.26 Å². The van der Waals surface area contributed by atoms with Crippen molar-refractivity contribution < 1.29 is 8.42 Å². The number of hydrogen-bond acceptors (Lipinski definition) is 3. The van der Waals surface area contributed by atoms with E-state index in [9.17, 15) is 8.42 Å². The molecule has 6 heteroatoms. The van der Waals surface area contributed by atoms with E-state index in [0.717, 1.165) is 12.8 Å². The SMILES string of the molecule is N#Cc1ccc(Cl)c(S(=O)(=O)NC2CC2)c1. The Morgan fingerprint density at radius 2 is 2.12 bits per heavy atom. The van der Waals surface area contributed by atoms with E-state index < -0.39 is 10.0 Å². The van der Waals surface area contributed by atoms with Crippen LogP contribution in [0.1, 0.15) is 18.4 Å². The molecule has 0 atom stereocenters. The third-order valence-electron chi connectivity index (χ3n) is 2.25. The highest BCUT2D eigenvalue weighted by molar-refractivity contribution is 7.89. The number of nitrogens with zero attached hydrogens (tertiary/aromatic N) is 1. The topological polar surface area (TPSA) is 70.0 Å². The minimum atomic E-state index is -3.59. The Morgan fingerprint density at radius 3 is 2.69 bits per heavy atom. The van der Waals surface area contributed by atoms with Crippen molar-refractivity contribution in [2.24, 2.45) is 0 Å². The van der Waals surface area contributed by atoms with E-state index >= 15 is 0 Å². The first-order chi connectivity index (χ1) is 7.53. The van der Waals surface area contributed by atoms with Crippen molar-refractivity contribution in [1.82, 2.24) is 4.72 Å². The first-order valence-electron chi connectivity index (χ1n) is 4.75. The summed E-state index contributed by atoms with van der Waals surface area (Å²) in [7, 11) is -3.59. The summed E-state index contributed by atoms with van der Waals surface area (Å²) < 4.78 is 26.3. The normalized spacial score (nSPS) is 15.8. The molecule has 1 N–H and O–H groups in total. The Kier molecular flexibility index (Phi) is 2.89. The van der Waals surface area contributed by atoms with Gasteiger partial charge >= 0.3 is 0 Å². The van der Waals surface area contributed by atoms with Crippen molar-refractivity contribution in [3.8, 4) is 6.07 Å². The summed E-state index contributed by atoms with van der Waals surface area (Å²) in [6.07, 6.45) is 1.71. The Morgan fingerprint density at radius 1 is 1.44 bits per heavy atom. The molecule has 0 unspecified atom stereocenters. The number of nitrogens with one attached hydrogen (secondary N) is 1. The molecule has 0 amide bonds. The third-order valence-corrected chi connectivity index (χ3v) is 4.25. The maximum absolute atomic E-state index is 11.9. The first-order valence-corrected chi connectivity index (χ1v) is 6.61. The standard InChI is InChI=1S/C10H9ClN2O2S/c11-9-4-1-7(6-12)5-10(9)16(14,15)13-8-2-3-8/h1,4-5,8,13H,2-3H2. The Hall–Kier alpha value is -1.09. The molecule has 1 saturated carbocycles. The summed E-state index contributed by atoms with van der Waals surface area (Å²) in [5.74, 6) is 0. The van der Waals surface area contributed by atoms with Gasteiger partial charge in [-0.1, -0.05) is 11.6 Å². The smallest absolute Gasteiger partial charge is 0.208 e. The van der Waals surface area contributed by atoms with Gasteiger partial charge in [-0.25, -0.2) is 13.1 Å². The van der Waals surface area contributed by atoms with Crippen LogP contribution in [-0.2, 0) is 10.0 Å². The summed E-state index contributed by atoms with van der Waals surface area (Å²) in [5.41, 5.74) is 0.278. The highest BCUT2D eigenvalue weighted by atomic mass is 35.5. The monoisotopic (exact) mass is 256 g/mol. The molecule has 1 aromatic rings. The van der Waals surface area contributed by atoms with Crippen molar-refractivity contribution in [3.05, 3.63) is 28.8 Å². The van der Waals surface area contributed by atoms with Crippen LogP contribution in [0, 0.1) is 11.3 Å². The minimum absolute atomic E-state index is 0.0202. The molecule has 16 heavy (non-hydrogen) atoms. The molecule has 0 saturated heterocycles. The molecule has 0 radical (unpaired) electrons. The molecule has 2 rings (SSSR count). The van der Waals surface area contributed by atoms with E-state index in [1.807, 2.05) is 6.07 Å². The second-order valence-corrected chi connectivity index (χ2v) is 5.74. The van der Waals surface area contributed by atoms with Gasteiger partial charge in [-0.05, 0) is 31.0 Å². The lowest BCUT2D eigenvalue weighted by atomic mass is 10.2. The van der Waals surface area contributed by atoms with Crippen LogP contribution in [0.2, 0.25) is 5.02 Å². The Labute approximate surface area is 98.9 Å². The minimum Gasteiger partial charge on any atom is -0.208 e. The van der Waals surface area contributed by atoms with E-state index in [1.165, 1.54) is 18.2 Å². The van der Waals surface area contributed by atoms with Gasteiger partial charge in [0.1, 0.15) is 4.90 Å². The molecule has 0 aromatic heterocycles. The van der Waals surface area contributed by atoms with Gasteiger partial charge in [0.15, 0.2) is 0 Å². The van der Waals surface area contributed by atoms with Gasteiger partial charge in [-0.15, -0.1) is 0 Å². The van der Waals surface area contributed by atoms with Crippen LogP contribution < -0.4 is 4.72 Å². The molecule has 84 valence electrons. The van der Waals surface area contributed by atoms with Crippen LogP contribution in [0.5, 0.6) is 0 Å². The number of sulfonamides is 1. The second-order valence-electron chi connectivity index (χ2n) is 3.65. The van der Waals surface area contributed by atoms with Crippen molar-refractivity contribution in [3.63, 3.8) is 0 Å². The molecule has 0 bridgehead atoms. The predicted molar refractivity (Wildman–Crippen MR) is 59.5 cm³/mol. The molecule has 4 nitrogen and oxygen atoms in total. The van der Waals surface area contributed by atoms with Crippen LogP contribution in [0.3, 0.4) is 0 Å². The zero-order valence-corrected chi connectivity index (χ0v) is 9.85. The van der Waals surface area contributed by atoms with E-state index in [2.05, 4.69) is 4.72 Å². The molecular formula is C10H9ClN2O2S. The summed E-state index contributed by atoms with van der Waals surface area (Å²) in [6.45, 7) is 0. The predicted octanol–water partition coefficient (Wildman–Crippen LogP) is 1.65. The van der Waals surface area contributed by atoms with Crippen LogP contribution in [0.15, 0.2) is 23.1 Å². The highest BCUT2D eigenvalue weighted by Crippen LogP contribution is 2.26. The lowest BCUT2D eigenvalue weighted by molar-refractivity contribution is 0.581. The fraction of sp³-hybridized carbons (Fsp3) is 0.300. The number of hydrogen-bond donors (Lipinski definition) is 1. The molecule has 0 spiro atoms. The lowest BCUT2D eigenvalue weighted by Crippen LogP contribution is -2.26. The second kappa shape index (κ2) is 4.06. The summed E-state index contributed by atoms with van der Waals surface area (Å²) in [4.78, 5) is -0.0277. The molecule has 0 heterocycles. The van der Waals surface area contributed by atoms with E-state index in [-0.39, 0.29) is 21.5 Å². The van der Waals surface area contributed by atoms with Gasteiger partial charge in [-0.3, -0.25) is 0 Å². The van der Waals surface area contributed by atoms with Crippen LogP contribution in [0.25, 0.3) is 0 Å². The summed E-state index contributed by atoms with van der Waals surface area (Å²) >= 11 is 5.81. The zero-order valence-electron chi connectivity index (χ0n) is 8.27. The maximum atomic E-state index is 11.9. The molecule has 1 aliphatic carbocycles. The van der Waals surface area contributed by atoms with E-state index in [1.54, 1.807) is 0 Å². The summed E-state index contributed by atoms with van der Waals surface area (Å²) in [5, 5.41) is 8.84. The average Bonchev–Trinajstić information content (AvgIpc) is 3.01. The van der Waals surface area contributed by atoms with Gasteiger partial charge in [0.2, 0.25) is 10.0 Å². The van der Waals surface area contributed by atoms with E-state index in [0.29, 0.717) is 0 Å². The quantitative estimate of drug-likeness (QED) is 0.894. The zero-order chi connectivity index (χ0) is 11.8. The molecular weight excluding hydrogens is 248 g/mol. The Balaban J connectivity index is 2.41.